The average molecular weight is 282 g/mol. The van der Waals surface area contributed by atoms with Crippen molar-refractivity contribution in [1.29, 1.82) is 0 Å². The van der Waals surface area contributed by atoms with Crippen molar-refractivity contribution in [1.82, 2.24) is 0 Å². The molecule has 3 heteroatoms. The van der Waals surface area contributed by atoms with Crippen LogP contribution in [0.5, 0.6) is 5.75 Å². The predicted molar refractivity (Wildman–Crippen MR) is 78.9 cm³/mol. The van der Waals surface area contributed by atoms with Crippen LogP contribution in [0.4, 0.5) is 8.78 Å². The number of hydrogen-bond donors (Lipinski definition) is 1. The summed E-state index contributed by atoms with van der Waals surface area (Å²) in [6, 6.07) is 18.4. The lowest BCUT2D eigenvalue weighted by molar-refractivity contribution is 0.461. The van der Waals surface area contributed by atoms with Gasteiger partial charge >= 0.3 is 0 Å². The van der Waals surface area contributed by atoms with Gasteiger partial charge in [-0.2, -0.15) is 0 Å². The zero-order chi connectivity index (χ0) is 14.8. The minimum absolute atomic E-state index is 0.134. The van der Waals surface area contributed by atoms with E-state index in [0.29, 0.717) is 5.56 Å². The zero-order valence-corrected chi connectivity index (χ0v) is 11.1. The fraction of sp³-hybridized carbons (Fsp3) is 0. The number of phenolic OH excluding ortho intramolecular Hbond substituents is 1. The smallest absolute Gasteiger partial charge is 0.137 e. The van der Waals surface area contributed by atoms with Gasteiger partial charge in [-0.25, -0.2) is 8.78 Å². The molecule has 1 N–H and O–H groups in total. The van der Waals surface area contributed by atoms with Crippen LogP contribution in [0.25, 0.3) is 22.3 Å². The monoisotopic (exact) mass is 282 g/mol. The molecule has 0 fully saturated rings. The first kappa shape index (κ1) is 13.3. The number of hydrogen-bond acceptors (Lipinski definition) is 1. The number of aromatic hydroxyl groups is 1. The quantitative estimate of drug-likeness (QED) is 0.701. The molecule has 3 aromatic carbocycles. The summed E-state index contributed by atoms with van der Waals surface area (Å²) >= 11 is 0. The van der Waals surface area contributed by atoms with Crippen molar-refractivity contribution < 1.29 is 13.9 Å². The van der Waals surface area contributed by atoms with Crippen LogP contribution in [-0.4, -0.2) is 5.11 Å². The molecule has 0 heterocycles. The maximum atomic E-state index is 13.9. The molecule has 3 rings (SSSR count). The molecule has 0 unspecified atom stereocenters. The molecule has 0 spiro atoms. The van der Waals surface area contributed by atoms with E-state index in [9.17, 15) is 13.9 Å². The first-order valence-electron chi connectivity index (χ1n) is 6.49. The zero-order valence-electron chi connectivity index (χ0n) is 11.1. The molecule has 0 aliphatic rings. The first-order valence-corrected chi connectivity index (χ1v) is 6.49. The van der Waals surface area contributed by atoms with E-state index in [2.05, 4.69) is 0 Å². The Balaban J connectivity index is 2.13. The van der Waals surface area contributed by atoms with Crippen LogP contribution < -0.4 is 0 Å². The molecular weight excluding hydrogens is 270 g/mol. The largest absolute Gasteiger partial charge is 0.508 e. The molecule has 21 heavy (non-hydrogen) atoms. The molecule has 0 atom stereocenters. The van der Waals surface area contributed by atoms with Crippen LogP contribution in [0, 0.1) is 11.6 Å². The number of benzene rings is 3. The second-order valence-corrected chi connectivity index (χ2v) is 4.73. The lowest BCUT2D eigenvalue weighted by atomic mass is 9.98. The second kappa shape index (κ2) is 5.37. The number of phenols is 1. The number of rotatable bonds is 2. The van der Waals surface area contributed by atoms with Gasteiger partial charge < -0.3 is 5.11 Å². The summed E-state index contributed by atoms with van der Waals surface area (Å²) in [7, 11) is 0. The van der Waals surface area contributed by atoms with Crippen molar-refractivity contribution in [3.8, 4) is 28.0 Å². The van der Waals surface area contributed by atoms with Gasteiger partial charge in [0.1, 0.15) is 17.4 Å². The summed E-state index contributed by atoms with van der Waals surface area (Å²) in [5.41, 5.74) is 2.15. The molecule has 0 aromatic heterocycles. The van der Waals surface area contributed by atoms with E-state index in [0.717, 1.165) is 23.3 Å². The predicted octanol–water partition coefficient (Wildman–Crippen LogP) is 5.00. The normalized spacial score (nSPS) is 10.6. The highest BCUT2D eigenvalue weighted by Gasteiger charge is 2.13. The summed E-state index contributed by atoms with van der Waals surface area (Å²) in [4.78, 5) is 0. The van der Waals surface area contributed by atoms with E-state index in [-0.39, 0.29) is 5.56 Å². The van der Waals surface area contributed by atoms with Gasteiger partial charge in [-0.3, -0.25) is 0 Å². The molecule has 0 saturated heterocycles. The Morgan fingerprint density at radius 3 is 1.86 bits per heavy atom. The molecular formula is C18H12F2O. The minimum Gasteiger partial charge on any atom is -0.508 e. The van der Waals surface area contributed by atoms with E-state index in [4.69, 9.17) is 0 Å². The van der Waals surface area contributed by atoms with Crippen molar-refractivity contribution in [3.63, 3.8) is 0 Å². The van der Waals surface area contributed by atoms with Crippen LogP contribution >= 0.6 is 0 Å². The molecule has 0 aliphatic heterocycles. The van der Waals surface area contributed by atoms with E-state index in [1.807, 2.05) is 36.4 Å². The maximum Gasteiger partial charge on any atom is 0.137 e. The Hall–Kier alpha value is -2.68. The third kappa shape index (κ3) is 2.63. The van der Waals surface area contributed by atoms with Crippen molar-refractivity contribution in [2.45, 2.75) is 0 Å². The van der Waals surface area contributed by atoms with Gasteiger partial charge in [-0.1, -0.05) is 48.5 Å². The molecule has 0 saturated carbocycles. The van der Waals surface area contributed by atoms with Gasteiger partial charge in [0.15, 0.2) is 0 Å². The fourth-order valence-electron chi connectivity index (χ4n) is 2.32. The molecule has 0 bridgehead atoms. The van der Waals surface area contributed by atoms with Gasteiger partial charge in [0, 0.05) is 12.1 Å². The molecule has 104 valence electrons. The molecule has 0 aliphatic carbocycles. The SMILES string of the molecule is Oc1cc(F)c(-c2cccc(-c3ccccc3)c2)c(F)c1. The van der Waals surface area contributed by atoms with Crippen LogP contribution in [-0.2, 0) is 0 Å². The van der Waals surface area contributed by atoms with E-state index < -0.39 is 17.4 Å². The van der Waals surface area contributed by atoms with Crippen LogP contribution in [0.15, 0.2) is 66.7 Å². The van der Waals surface area contributed by atoms with Crippen LogP contribution in [0.1, 0.15) is 0 Å². The van der Waals surface area contributed by atoms with Gasteiger partial charge in [-0.15, -0.1) is 0 Å². The Bertz CT molecular complexity index is 759. The first-order chi connectivity index (χ1) is 10.1. The van der Waals surface area contributed by atoms with Gasteiger partial charge in [0.05, 0.1) is 5.56 Å². The Labute approximate surface area is 121 Å². The lowest BCUT2D eigenvalue weighted by Gasteiger charge is -2.08. The summed E-state index contributed by atoms with van der Waals surface area (Å²) in [6.07, 6.45) is 0. The Morgan fingerprint density at radius 1 is 0.619 bits per heavy atom. The standard InChI is InChI=1S/C18H12F2O/c19-16-10-15(21)11-17(20)18(16)14-8-4-7-13(9-14)12-5-2-1-3-6-12/h1-11,21H. The van der Waals surface area contributed by atoms with E-state index in [1.54, 1.807) is 18.2 Å². The highest BCUT2D eigenvalue weighted by atomic mass is 19.1. The summed E-state index contributed by atoms with van der Waals surface area (Å²) in [5.74, 6) is -1.98. The minimum atomic E-state index is -0.780. The highest BCUT2D eigenvalue weighted by molar-refractivity contribution is 5.73. The molecule has 0 radical (unpaired) electrons. The van der Waals surface area contributed by atoms with Crippen molar-refractivity contribution in [2.75, 3.05) is 0 Å². The molecule has 3 aromatic rings. The summed E-state index contributed by atoms with van der Waals surface area (Å²) in [5, 5.41) is 9.22. The maximum absolute atomic E-state index is 13.9. The molecule has 1 nitrogen and oxygen atoms in total. The summed E-state index contributed by atoms with van der Waals surface area (Å²) in [6.45, 7) is 0. The lowest BCUT2D eigenvalue weighted by Crippen LogP contribution is -1.90. The van der Waals surface area contributed by atoms with Crippen molar-refractivity contribution in [2.24, 2.45) is 0 Å². The van der Waals surface area contributed by atoms with Crippen molar-refractivity contribution in [3.05, 3.63) is 78.4 Å². The van der Waals surface area contributed by atoms with Gasteiger partial charge in [-0.05, 0) is 22.8 Å². The Morgan fingerprint density at radius 2 is 1.19 bits per heavy atom. The van der Waals surface area contributed by atoms with Gasteiger partial charge in [0.25, 0.3) is 0 Å². The van der Waals surface area contributed by atoms with Gasteiger partial charge in [0.2, 0.25) is 0 Å². The van der Waals surface area contributed by atoms with Crippen molar-refractivity contribution >= 4 is 0 Å². The fourth-order valence-corrected chi connectivity index (χ4v) is 2.32. The van der Waals surface area contributed by atoms with Crippen LogP contribution in [0.3, 0.4) is 0 Å². The highest BCUT2D eigenvalue weighted by Crippen LogP contribution is 2.31. The third-order valence-corrected chi connectivity index (χ3v) is 3.29. The summed E-state index contributed by atoms with van der Waals surface area (Å²) < 4.78 is 27.9. The Kier molecular flexibility index (Phi) is 3.40. The van der Waals surface area contributed by atoms with Crippen LogP contribution in [0.2, 0.25) is 0 Å². The van der Waals surface area contributed by atoms with E-state index in [1.165, 1.54) is 0 Å². The third-order valence-electron chi connectivity index (χ3n) is 3.29. The second-order valence-electron chi connectivity index (χ2n) is 4.73. The topological polar surface area (TPSA) is 20.2 Å². The average Bonchev–Trinajstić information content (AvgIpc) is 2.47. The van der Waals surface area contributed by atoms with E-state index >= 15 is 0 Å². The number of halogens is 2. The molecule has 0 amide bonds.